The van der Waals surface area contributed by atoms with Gasteiger partial charge in [-0.1, -0.05) is 48.5 Å². The lowest BCUT2D eigenvalue weighted by Gasteiger charge is -2.20. The molecule has 7 heteroatoms. The molecule has 4 rings (SSSR count). The van der Waals surface area contributed by atoms with E-state index in [2.05, 4.69) is 5.32 Å². The maximum atomic E-state index is 13.0. The van der Waals surface area contributed by atoms with Gasteiger partial charge in [-0.15, -0.1) is 0 Å². The average molecular weight is 469 g/mol. The van der Waals surface area contributed by atoms with Crippen molar-refractivity contribution in [1.82, 2.24) is 0 Å². The monoisotopic (exact) mass is 469 g/mol. The largest absolute Gasteiger partial charge is 0.456 e. The molecular weight excluding hydrogens is 446 g/mol. The van der Waals surface area contributed by atoms with Gasteiger partial charge in [-0.05, 0) is 37.1 Å². The molecule has 3 aromatic carbocycles. The molecule has 176 valence electrons. The Morgan fingerprint density at radius 2 is 1.46 bits per heavy atom. The summed E-state index contributed by atoms with van der Waals surface area (Å²) in [7, 11) is 0. The minimum Gasteiger partial charge on any atom is -0.456 e. The molecule has 0 fully saturated rings. The molecule has 0 aliphatic heterocycles. The highest BCUT2D eigenvalue weighted by molar-refractivity contribution is 6.30. The first-order chi connectivity index (χ1) is 16.8. The van der Waals surface area contributed by atoms with Gasteiger partial charge >= 0.3 is 5.97 Å². The third-order valence-corrected chi connectivity index (χ3v) is 5.98. The van der Waals surface area contributed by atoms with Crippen molar-refractivity contribution in [3.05, 3.63) is 99.6 Å². The molecule has 1 aliphatic rings. The molecule has 7 nitrogen and oxygen atoms in total. The van der Waals surface area contributed by atoms with E-state index in [4.69, 9.17) is 4.74 Å². The normalized spacial score (nSPS) is 11.9. The first kappa shape index (κ1) is 23.8. The van der Waals surface area contributed by atoms with E-state index in [1.54, 1.807) is 42.5 Å². The number of nitrogens with one attached hydrogen (secondary N) is 1. The zero-order valence-corrected chi connectivity index (χ0v) is 19.3. The van der Waals surface area contributed by atoms with Crippen LogP contribution in [0, 0.1) is 13.8 Å². The number of aryl methyl sites for hydroxylation is 2. The number of Topliss-reactive ketones (excluding diaryl/α,β-unsaturated/α-hetero) is 1. The lowest BCUT2D eigenvalue weighted by Crippen LogP contribution is -2.26. The number of hydrogen-bond acceptors (Lipinski definition) is 6. The SMILES string of the molecule is Cc1ccc(C(=O)CCC(=O)OCC(=O)Nc2cccc3c2C(=O)c2ccccc2C3=O)cc1C. The number of ketones is 3. The Hall–Kier alpha value is -4.39. The van der Waals surface area contributed by atoms with Crippen molar-refractivity contribution in [2.75, 3.05) is 11.9 Å². The van der Waals surface area contributed by atoms with Gasteiger partial charge in [0.1, 0.15) is 0 Å². The number of carbonyl (C=O) groups excluding carboxylic acids is 5. The number of esters is 1. The molecule has 0 heterocycles. The van der Waals surface area contributed by atoms with Gasteiger partial charge in [0.05, 0.1) is 17.7 Å². The standard InChI is InChI=1S/C28H23NO6/c1-16-10-11-18(14-17(16)2)23(30)12-13-25(32)35-15-24(31)29-22-9-5-8-21-26(22)28(34)20-7-4-3-6-19(20)27(21)33/h3-11,14H,12-13,15H2,1-2H3,(H,29,31). The van der Waals surface area contributed by atoms with Crippen LogP contribution in [0.1, 0.15) is 66.2 Å². The first-order valence-electron chi connectivity index (χ1n) is 11.1. The molecule has 1 amide bonds. The molecule has 35 heavy (non-hydrogen) atoms. The van der Waals surface area contributed by atoms with Gasteiger partial charge in [-0.25, -0.2) is 0 Å². The molecule has 0 atom stereocenters. The second-order valence-corrected chi connectivity index (χ2v) is 8.36. The summed E-state index contributed by atoms with van der Waals surface area (Å²) < 4.78 is 5.00. The van der Waals surface area contributed by atoms with Gasteiger partial charge in [0.25, 0.3) is 5.91 Å². The fourth-order valence-electron chi connectivity index (χ4n) is 3.93. The number of ether oxygens (including phenoxy) is 1. The third kappa shape index (κ3) is 4.94. The van der Waals surface area contributed by atoms with Crippen molar-refractivity contribution in [2.24, 2.45) is 0 Å². The minimum atomic E-state index is -0.687. The van der Waals surface area contributed by atoms with Gasteiger partial charge in [-0.2, -0.15) is 0 Å². The van der Waals surface area contributed by atoms with Crippen LogP contribution in [0.25, 0.3) is 0 Å². The van der Waals surface area contributed by atoms with Crippen LogP contribution in [0.15, 0.2) is 60.7 Å². The predicted octanol–water partition coefficient (Wildman–Crippen LogP) is 4.22. The first-order valence-corrected chi connectivity index (χ1v) is 11.1. The summed E-state index contributed by atoms with van der Waals surface area (Å²) in [4.78, 5) is 62.6. The highest BCUT2D eigenvalue weighted by Gasteiger charge is 2.31. The number of fused-ring (bicyclic) bond motifs is 2. The Balaban J connectivity index is 1.35. The van der Waals surface area contributed by atoms with Crippen molar-refractivity contribution in [1.29, 1.82) is 0 Å². The number of rotatable bonds is 7. The maximum Gasteiger partial charge on any atom is 0.306 e. The van der Waals surface area contributed by atoms with Gasteiger partial charge in [-0.3, -0.25) is 24.0 Å². The number of anilines is 1. The van der Waals surface area contributed by atoms with Crippen LogP contribution in [-0.2, 0) is 14.3 Å². The molecule has 0 saturated carbocycles. The molecule has 3 aromatic rings. The van der Waals surface area contributed by atoms with Crippen LogP contribution in [-0.4, -0.2) is 35.8 Å². The van der Waals surface area contributed by atoms with Crippen LogP contribution in [0.2, 0.25) is 0 Å². The Morgan fingerprint density at radius 3 is 2.17 bits per heavy atom. The van der Waals surface area contributed by atoms with Crippen LogP contribution < -0.4 is 5.32 Å². The molecule has 0 saturated heterocycles. The zero-order valence-electron chi connectivity index (χ0n) is 19.3. The molecule has 1 N–H and O–H groups in total. The van der Waals surface area contributed by atoms with E-state index < -0.39 is 18.5 Å². The number of carbonyl (C=O) groups is 5. The van der Waals surface area contributed by atoms with Crippen LogP contribution in [0.4, 0.5) is 5.69 Å². The molecule has 0 bridgehead atoms. The van der Waals surface area contributed by atoms with Gasteiger partial charge in [0.2, 0.25) is 0 Å². The molecular formula is C28H23NO6. The van der Waals surface area contributed by atoms with Crippen LogP contribution in [0.3, 0.4) is 0 Å². The number of amides is 1. The van der Waals surface area contributed by atoms with E-state index in [1.807, 2.05) is 19.9 Å². The van der Waals surface area contributed by atoms with Gasteiger partial charge < -0.3 is 10.1 Å². The summed E-state index contributed by atoms with van der Waals surface area (Å²) in [6.07, 6.45) is -0.200. The Labute approximate surface area is 202 Å². The lowest BCUT2D eigenvalue weighted by molar-refractivity contribution is -0.147. The molecule has 0 radical (unpaired) electrons. The fourth-order valence-corrected chi connectivity index (χ4v) is 3.93. The smallest absolute Gasteiger partial charge is 0.306 e. The summed E-state index contributed by atoms with van der Waals surface area (Å²) in [6.45, 7) is 3.27. The number of hydrogen-bond donors (Lipinski definition) is 1. The highest BCUT2D eigenvalue weighted by atomic mass is 16.5. The second kappa shape index (κ2) is 9.85. The van der Waals surface area contributed by atoms with Gasteiger partial charge in [0, 0.05) is 28.7 Å². The highest BCUT2D eigenvalue weighted by Crippen LogP contribution is 2.31. The topological polar surface area (TPSA) is 107 Å². The summed E-state index contributed by atoms with van der Waals surface area (Å²) in [5.74, 6) is -2.20. The van der Waals surface area contributed by atoms with Crippen molar-refractivity contribution >= 4 is 34.9 Å². The van der Waals surface area contributed by atoms with E-state index in [-0.39, 0.29) is 52.6 Å². The summed E-state index contributed by atoms with van der Waals surface area (Å²) in [6, 6.07) is 16.5. The van der Waals surface area contributed by atoms with Crippen molar-refractivity contribution in [3.63, 3.8) is 0 Å². The zero-order chi connectivity index (χ0) is 25.1. The van der Waals surface area contributed by atoms with E-state index in [1.165, 1.54) is 12.1 Å². The fraction of sp³-hybridized carbons (Fsp3) is 0.179. The van der Waals surface area contributed by atoms with E-state index in [0.717, 1.165) is 11.1 Å². The summed E-state index contributed by atoms with van der Waals surface area (Å²) >= 11 is 0. The summed E-state index contributed by atoms with van der Waals surface area (Å²) in [5.41, 5.74) is 3.64. The minimum absolute atomic E-state index is 0.0365. The Bertz CT molecular complexity index is 1390. The Morgan fingerprint density at radius 1 is 0.771 bits per heavy atom. The van der Waals surface area contributed by atoms with Crippen molar-refractivity contribution in [3.8, 4) is 0 Å². The van der Waals surface area contributed by atoms with E-state index in [9.17, 15) is 24.0 Å². The molecule has 0 spiro atoms. The predicted molar refractivity (Wildman–Crippen MR) is 129 cm³/mol. The Kier molecular flexibility index (Phi) is 6.68. The van der Waals surface area contributed by atoms with Crippen molar-refractivity contribution in [2.45, 2.75) is 26.7 Å². The molecule has 0 aromatic heterocycles. The van der Waals surface area contributed by atoms with Crippen LogP contribution in [0.5, 0.6) is 0 Å². The molecule has 0 unspecified atom stereocenters. The molecule has 1 aliphatic carbocycles. The van der Waals surface area contributed by atoms with E-state index >= 15 is 0 Å². The number of benzene rings is 3. The van der Waals surface area contributed by atoms with Crippen LogP contribution >= 0.6 is 0 Å². The van der Waals surface area contributed by atoms with Crippen molar-refractivity contribution < 1.29 is 28.7 Å². The maximum absolute atomic E-state index is 13.0. The lowest BCUT2D eigenvalue weighted by atomic mass is 9.83. The average Bonchev–Trinajstić information content (AvgIpc) is 2.86. The summed E-state index contributed by atoms with van der Waals surface area (Å²) in [5, 5.41) is 2.55. The second-order valence-electron chi connectivity index (χ2n) is 8.36. The quantitative estimate of drug-likeness (QED) is 0.321. The third-order valence-electron chi connectivity index (χ3n) is 5.98. The van der Waals surface area contributed by atoms with Gasteiger partial charge in [0.15, 0.2) is 24.0 Å². The van der Waals surface area contributed by atoms with E-state index in [0.29, 0.717) is 11.1 Å².